The second-order valence-corrected chi connectivity index (χ2v) is 23.9. The molecule has 2 aromatic carbocycles. The molecule has 2 saturated heterocycles. The van der Waals surface area contributed by atoms with E-state index in [1.54, 1.807) is 57.3 Å². The number of unbranched alkanes of at least 4 members (excludes halogenated alkanes) is 2. The SMILES string of the molecule is C=C(CBr)C(=O)NCCCCCC(=O)C[C@H](C(=O)N[C@@H](CCCNC(N)=O)C(=O)Cc1ccc(NC(=O)O[C@H]2CC(=O)N(C)c3cc(cc(C)c3Cl)C/C(C)=C/C=C/[C@@H](OC)[C@]3(O)CC(=O)O[C@@H](C3)[C@@H](C)[C@@H]3O[C@@]23C)c2ncccc12)C(C)C. The minimum atomic E-state index is -1.64. The Labute approximate surface area is 504 Å². The number of nitrogens with two attached hydrogens (primary N) is 1. The molecule has 9 atom stereocenters. The minimum Gasteiger partial charge on any atom is -0.462 e. The molecule has 0 aliphatic carbocycles. The molecular weight excluding hydrogens is 1170 g/mol. The Balaban J connectivity index is 1.21. The summed E-state index contributed by atoms with van der Waals surface area (Å²) < 4.78 is 24.2. The van der Waals surface area contributed by atoms with Crippen molar-refractivity contribution in [3.8, 4) is 0 Å². The first-order valence-corrected chi connectivity index (χ1v) is 30.0. The van der Waals surface area contributed by atoms with E-state index >= 15 is 0 Å². The number of anilines is 2. The number of carbonyl (C=O) groups excluding carboxylic acids is 8. The van der Waals surface area contributed by atoms with Gasteiger partial charge in [0.1, 0.15) is 35.3 Å². The maximum Gasteiger partial charge on any atom is 0.412 e. The van der Waals surface area contributed by atoms with E-state index < -0.39 is 83.4 Å². The first kappa shape index (κ1) is 66.6. The number of benzene rings is 2. The number of pyridine rings is 1. The molecule has 456 valence electrons. The molecule has 0 unspecified atom stereocenters. The lowest BCUT2D eigenvalue weighted by molar-refractivity contribution is -0.187. The van der Waals surface area contributed by atoms with Gasteiger partial charge in [0.25, 0.3) is 0 Å². The summed E-state index contributed by atoms with van der Waals surface area (Å²) in [7, 11) is 3.05. The van der Waals surface area contributed by atoms with Gasteiger partial charge in [0.05, 0.1) is 46.9 Å². The van der Waals surface area contributed by atoms with Crippen molar-refractivity contribution in [2.24, 2.45) is 23.5 Å². The van der Waals surface area contributed by atoms with E-state index in [0.717, 1.165) is 16.7 Å². The molecule has 0 spiro atoms. The van der Waals surface area contributed by atoms with E-state index in [2.05, 4.69) is 48.8 Å². The number of allylic oxidation sites excluding steroid dienone is 3. The number of rotatable bonds is 23. The smallest absolute Gasteiger partial charge is 0.412 e. The number of hydrogen-bond acceptors (Lipinski definition) is 14. The summed E-state index contributed by atoms with van der Waals surface area (Å²) in [6.07, 6.45) is 4.51. The first-order chi connectivity index (χ1) is 39.8. The Morgan fingerprint density at radius 1 is 1.05 bits per heavy atom. The average Bonchev–Trinajstić information content (AvgIpc) is 1.94. The van der Waals surface area contributed by atoms with Crippen LogP contribution in [0.3, 0.4) is 0 Å². The van der Waals surface area contributed by atoms with E-state index in [0.29, 0.717) is 70.3 Å². The zero-order valence-corrected chi connectivity index (χ0v) is 51.6. The number of ketones is 2. The van der Waals surface area contributed by atoms with Gasteiger partial charge < -0.3 is 50.6 Å². The Morgan fingerprint density at radius 3 is 2.49 bits per heavy atom. The summed E-state index contributed by atoms with van der Waals surface area (Å²) in [4.78, 5) is 113. The van der Waals surface area contributed by atoms with Crippen molar-refractivity contribution in [2.45, 2.75) is 160 Å². The number of fused-ring (bicyclic) bond motifs is 6. The number of nitrogens with zero attached hydrogens (tertiary/aromatic N) is 2. The minimum absolute atomic E-state index is 0.00740. The molecule has 20 nitrogen and oxygen atoms in total. The van der Waals surface area contributed by atoms with Crippen LogP contribution in [0.1, 0.15) is 116 Å². The van der Waals surface area contributed by atoms with Crippen molar-refractivity contribution >= 4 is 97.2 Å². The molecule has 6 amide bonds. The summed E-state index contributed by atoms with van der Waals surface area (Å²) in [5.74, 6) is -3.76. The number of urea groups is 1. The Bertz CT molecular complexity index is 3030. The number of aryl methyl sites for hydroxylation is 1. The third-order valence-electron chi connectivity index (χ3n) is 16.1. The van der Waals surface area contributed by atoms with Crippen LogP contribution in [-0.2, 0) is 60.6 Å². The fourth-order valence-corrected chi connectivity index (χ4v) is 11.6. The number of epoxide rings is 1. The molecule has 0 saturated carbocycles. The topological polar surface area (TPSA) is 287 Å². The monoisotopic (exact) mass is 1250 g/mol. The molecule has 84 heavy (non-hydrogen) atoms. The predicted molar refractivity (Wildman–Crippen MR) is 324 cm³/mol. The number of alkyl halides is 1. The van der Waals surface area contributed by atoms with Gasteiger partial charge in [-0.25, -0.2) is 9.59 Å². The highest BCUT2D eigenvalue weighted by Gasteiger charge is 2.64. The van der Waals surface area contributed by atoms with Crippen LogP contribution in [-0.4, -0.2) is 132 Å². The molecule has 4 bridgehead atoms. The Morgan fingerprint density at radius 2 is 1.79 bits per heavy atom. The fraction of sp³-hybridized carbons (Fsp3) is 0.532. The van der Waals surface area contributed by atoms with Crippen molar-refractivity contribution in [2.75, 3.05) is 42.8 Å². The lowest BCUT2D eigenvalue weighted by Crippen LogP contribution is -2.53. The third kappa shape index (κ3) is 17.5. The summed E-state index contributed by atoms with van der Waals surface area (Å²) in [6, 6.07) is 8.66. The second-order valence-electron chi connectivity index (χ2n) is 23.0. The van der Waals surface area contributed by atoms with Gasteiger partial charge in [-0.1, -0.05) is 103 Å². The maximum atomic E-state index is 14.5. The lowest BCUT2D eigenvalue weighted by atomic mass is 9.78. The number of halogens is 2. The van der Waals surface area contributed by atoms with E-state index in [4.69, 9.17) is 36.3 Å². The molecule has 4 heterocycles. The highest BCUT2D eigenvalue weighted by molar-refractivity contribution is 9.09. The normalized spacial score (nSPS) is 24.3. The summed E-state index contributed by atoms with van der Waals surface area (Å²) >= 11 is 10.1. The standard InChI is InChI=1S/C62H81BrClN7O13/c1-35(2)44(30-42(72)17-11-10-12-23-67-57(76)38(5)34-63)58(77)69-45(19-15-25-68-59(65)78)48(73)29-41-21-22-46(55-43(41)18-14-24-66-55)70-60(79)83-51-31-52(74)71(8)47-28-40(27-37(4)54(47)64)26-36(3)16-13-20-50(81-9)62(80)32-49(82-53(75)33-62)39(6)56-61(51,7)84-56/h13-14,16,18,20-22,24,27-28,35,39,44-45,49-51,56,80H,5,10-12,15,17,19,23,25-26,29-34H2,1-4,6-9H3,(H,67,76)(H,69,77)(H,70,79)(H3,65,68,78)/b20-13+,36-16+/t39-,44+,45+,49+,50-,51+,56+,61+,62-/m1/s1. The van der Waals surface area contributed by atoms with Crippen molar-refractivity contribution in [1.29, 1.82) is 0 Å². The van der Waals surface area contributed by atoms with E-state index in [-0.39, 0.29) is 87.0 Å². The number of aliphatic hydroxyl groups is 1. The summed E-state index contributed by atoms with van der Waals surface area (Å²) in [5, 5.41) is 24.3. The predicted octanol–water partition coefficient (Wildman–Crippen LogP) is 8.37. The number of primary amides is 1. The van der Waals surface area contributed by atoms with Gasteiger partial charge in [-0.3, -0.25) is 39.1 Å². The van der Waals surface area contributed by atoms with Crippen LogP contribution >= 0.6 is 27.5 Å². The van der Waals surface area contributed by atoms with Crippen LogP contribution in [0.2, 0.25) is 5.02 Å². The van der Waals surface area contributed by atoms with Gasteiger partial charge in [-0.15, -0.1) is 0 Å². The van der Waals surface area contributed by atoms with Crippen LogP contribution in [0, 0.1) is 24.7 Å². The van der Waals surface area contributed by atoms with Crippen LogP contribution < -0.4 is 31.9 Å². The van der Waals surface area contributed by atoms with Gasteiger partial charge in [0, 0.05) is 87.3 Å². The fourth-order valence-electron chi connectivity index (χ4n) is 11.1. The molecule has 3 aromatic rings. The van der Waals surface area contributed by atoms with Crippen LogP contribution in [0.5, 0.6) is 0 Å². The average molecular weight is 1250 g/mol. The number of hydrogen-bond donors (Lipinski definition) is 6. The third-order valence-corrected chi connectivity index (χ3v) is 17.2. The molecule has 3 aliphatic rings. The highest BCUT2D eigenvalue weighted by Crippen LogP contribution is 2.50. The Kier molecular flexibility index (Phi) is 23.8. The summed E-state index contributed by atoms with van der Waals surface area (Å²) in [6.45, 7) is 15.3. The van der Waals surface area contributed by atoms with Gasteiger partial charge in [-0.05, 0) is 93.7 Å². The molecule has 7 N–H and O–H groups in total. The first-order valence-electron chi connectivity index (χ1n) is 28.5. The van der Waals surface area contributed by atoms with Crippen LogP contribution in [0.15, 0.2) is 78.5 Å². The van der Waals surface area contributed by atoms with Crippen LogP contribution in [0.25, 0.3) is 10.9 Å². The maximum absolute atomic E-state index is 14.5. The number of Topliss-reactive ketones (excluding diaryl/α,β-unsaturated/α-hetero) is 2. The number of nitrogens with one attached hydrogen (secondary N) is 4. The largest absolute Gasteiger partial charge is 0.462 e. The van der Waals surface area contributed by atoms with Crippen molar-refractivity contribution in [1.82, 2.24) is 20.9 Å². The zero-order chi connectivity index (χ0) is 61.6. The number of esters is 1. The van der Waals surface area contributed by atoms with Crippen molar-refractivity contribution in [3.05, 3.63) is 100 Å². The second kappa shape index (κ2) is 30.0. The zero-order valence-electron chi connectivity index (χ0n) is 49.3. The molecule has 1 aromatic heterocycles. The summed E-state index contributed by atoms with van der Waals surface area (Å²) in [5.41, 5.74) is 6.86. The van der Waals surface area contributed by atoms with E-state index in [1.807, 2.05) is 45.9 Å². The van der Waals surface area contributed by atoms with Crippen molar-refractivity contribution < 1.29 is 62.4 Å². The Hall–Kier alpha value is -6.52. The van der Waals surface area contributed by atoms with E-state index in [9.17, 15) is 43.5 Å². The molecule has 6 rings (SSSR count). The van der Waals surface area contributed by atoms with Gasteiger partial charge >= 0.3 is 18.1 Å². The van der Waals surface area contributed by atoms with Gasteiger partial charge in [0.15, 0.2) is 5.78 Å². The number of ether oxygens (including phenoxy) is 4. The number of aromatic nitrogens is 1. The van der Waals surface area contributed by atoms with Crippen molar-refractivity contribution in [3.63, 3.8) is 0 Å². The molecule has 22 heteroatoms. The number of amides is 6. The molecular formula is C62H81BrClN7O13. The molecule has 2 fully saturated rings. The molecule has 3 aliphatic heterocycles. The van der Waals surface area contributed by atoms with Crippen LogP contribution in [0.4, 0.5) is 21.0 Å². The number of carbonyl (C=O) groups is 8. The van der Waals surface area contributed by atoms with Gasteiger partial charge in [0.2, 0.25) is 17.7 Å². The lowest BCUT2D eigenvalue weighted by Gasteiger charge is -2.41. The van der Waals surface area contributed by atoms with E-state index in [1.165, 1.54) is 18.2 Å². The van der Waals surface area contributed by atoms with Gasteiger partial charge in [-0.2, -0.15) is 0 Å². The quantitative estimate of drug-likeness (QED) is 0.0171. The highest BCUT2D eigenvalue weighted by atomic mass is 79.9. The molecule has 0 radical (unpaired) electrons. The number of methoxy groups -OCH3 is 1.